The largest absolute Gasteiger partial charge is 0.393 e. The Morgan fingerprint density at radius 1 is 1.05 bits per heavy atom. The molecule has 0 atom stereocenters. The smallest absolute Gasteiger partial charge is 0.356 e. The number of unbranched alkanes of at least 4 members (excludes halogenated alkanes) is 2. The van der Waals surface area contributed by atoms with Crippen LogP contribution >= 0.6 is 0 Å². The number of hydrogen-bond acceptors (Lipinski definition) is 2. The molecule has 0 saturated carbocycles. The molecule has 0 bridgehead atoms. The van der Waals surface area contributed by atoms with Crippen molar-refractivity contribution < 1.29 is 8.85 Å². The lowest BCUT2D eigenvalue weighted by Gasteiger charge is -2.18. The average molecular weight is 278 g/mol. The van der Waals surface area contributed by atoms with E-state index in [2.05, 4.69) is 38.6 Å². The van der Waals surface area contributed by atoms with Gasteiger partial charge in [-0.2, -0.15) is 0 Å². The standard InChI is InChI=1S/C16H26O2Si/c1-4-7-13-17-19(18-14-8-5-2)16-12-10-9-11-15(16)6-3/h6,9-12,19H,3-5,7-8,13-14H2,1-2H3. The van der Waals surface area contributed by atoms with E-state index in [1.165, 1.54) is 5.19 Å². The Labute approximate surface area is 119 Å². The summed E-state index contributed by atoms with van der Waals surface area (Å²) in [6, 6.07) is 8.28. The minimum Gasteiger partial charge on any atom is -0.393 e. The minimum atomic E-state index is -1.78. The molecular formula is C16H26O2Si. The van der Waals surface area contributed by atoms with E-state index in [1.807, 2.05) is 12.1 Å². The Morgan fingerprint density at radius 2 is 1.63 bits per heavy atom. The van der Waals surface area contributed by atoms with Gasteiger partial charge >= 0.3 is 9.28 Å². The maximum absolute atomic E-state index is 6.03. The van der Waals surface area contributed by atoms with Gasteiger partial charge in [0.2, 0.25) is 0 Å². The highest BCUT2D eigenvalue weighted by atomic mass is 28.3. The van der Waals surface area contributed by atoms with Gasteiger partial charge in [-0.1, -0.05) is 63.6 Å². The average Bonchev–Trinajstić information content (AvgIpc) is 2.46. The fourth-order valence-corrected chi connectivity index (χ4v) is 3.78. The fourth-order valence-electron chi connectivity index (χ4n) is 1.81. The van der Waals surface area contributed by atoms with Gasteiger partial charge in [-0.15, -0.1) is 0 Å². The van der Waals surface area contributed by atoms with E-state index in [9.17, 15) is 0 Å². The molecule has 0 heterocycles. The lowest BCUT2D eigenvalue weighted by Crippen LogP contribution is -2.39. The molecule has 0 aliphatic rings. The highest BCUT2D eigenvalue weighted by Crippen LogP contribution is 2.04. The van der Waals surface area contributed by atoms with E-state index < -0.39 is 9.28 Å². The van der Waals surface area contributed by atoms with Gasteiger partial charge < -0.3 is 8.85 Å². The molecule has 0 spiro atoms. The maximum Gasteiger partial charge on any atom is 0.356 e. The molecule has 0 aliphatic heterocycles. The van der Waals surface area contributed by atoms with E-state index in [1.54, 1.807) is 0 Å². The highest BCUT2D eigenvalue weighted by Gasteiger charge is 2.18. The molecule has 0 N–H and O–H groups in total. The molecule has 0 aromatic heterocycles. The molecule has 1 aromatic carbocycles. The SMILES string of the molecule is C=Cc1ccccc1[SiH](OCCCC)OCCCC. The lowest BCUT2D eigenvalue weighted by molar-refractivity contribution is 0.202. The van der Waals surface area contributed by atoms with E-state index in [4.69, 9.17) is 8.85 Å². The summed E-state index contributed by atoms with van der Waals surface area (Å²) < 4.78 is 12.1. The monoisotopic (exact) mass is 278 g/mol. The van der Waals surface area contributed by atoms with Crippen LogP contribution in [0.1, 0.15) is 45.1 Å². The summed E-state index contributed by atoms with van der Waals surface area (Å²) in [5, 5.41) is 1.21. The van der Waals surface area contributed by atoms with E-state index in [0.717, 1.165) is 44.5 Å². The van der Waals surface area contributed by atoms with E-state index in [-0.39, 0.29) is 0 Å². The molecule has 0 aliphatic carbocycles. The van der Waals surface area contributed by atoms with Crippen molar-refractivity contribution in [2.45, 2.75) is 39.5 Å². The van der Waals surface area contributed by atoms with Crippen molar-refractivity contribution in [2.75, 3.05) is 13.2 Å². The third-order valence-corrected chi connectivity index (χ3v) is 5.11. The van der Waals surface area contributed by atoms with Crippen LogP contribution in [-0.4, -0.2) is 22.5 Å². The lowest BCUT2D eigenvalue weighted by atomic mass is 10.2. The van der Waals surface area contributed by atoms with Crippen molar-refractivity contribution >= 4 is 20.5 Å². The van der Waals surface area contributed by atoms with E-state index >= 15 is 0 Å². The third kappa shape index (κ3) is 5.72. The second-order valence-corrected chi connectivity index (χ2v) is 6.57. The molecular weight excluding hydrogens is 252 g/mol. The quantitative estimate of drug-likeness (QED) is 0.482. The van der Waals surface area contributed by atoms with Gasteiger partial charge in [-0.25, -0.2) is 0 Å². The molecule has 0 saturated heterocycles. The van der Waals surface area contributed by atoms with Crippen LogP contribution < -0.4 is 5.19 Å². The molecule has 1 aromatic rings. The summed E-state index contributed by atoms with van der Waals surface area (Å²) in [5.74, 6) is 0. The topological polar surface area (TPSA) is 18.5 Å². The van der Waals surface area contributed by atoms with Crippen molar-refractivity contribution in [1.82, 2.24) is 0 Å². The van der Waals surface area contributed by atoms with Gasteiger partial charge in [0, 0.05) is 13.2 Å². The normalized spacial score (nSPS) is 10.9. The summed E-state index contributed by atoms with van der Waals surface area (Å²) >= 11 is 0. The second-order valence-electron chi connectivity index (χ2n) is 4.61. The second kappa shape index (κ2) is 9.95. The van der Waals surface area contributed by atoms with E-state index in [0.29, 0.717) is 0 Å². The Hall–Kier alpha value is -0.903. The molecule has 0 fully saturated rings. The first-order valence-corrected chi connectivity index (χ1v) is 8.80. The molecule has 19 heavy (non-hydrogen) atoms. The van der Waals surface area contributed by atoms with Crippen LogP contribution in [0.3, 0.4) is 0 Å². The summed E-state index contributed by atoms with van der Waals surface area (Å²) in [6.07, 6.45) is 6.38. The van der Waals surface area contributed by atoms with Crippen LogP contribution in [-0.2, 0) is 8.85 Å². The van der Waals surface area contributed by atoms with Gasteiger partial charge in [0.05, 0.1) is 0 Å². The summed E-state index contributed by atoms with van der Waals surface area (Å²) in [6.45, 7) is 9.82. The van der Waals surface area contributed by atoms with Gasteiger partial charge in [0.25, 0.3) is 0 Å². The number of benzene rings is 1. The van der Waals surface area contributed by atoms with Crippen molar-refractivity contribution in [3.8, 4) is 0 Å². The number of hydrogen-bond donors (Lipinski definition) is 0. The van der Waals surface area contributed by atoms with Crippen LogP contribution in [0.15, 0.2) is 30.8 Å². The first-order chi connectivity index (χ1) is 9.33. The molecule has 0 amide bonds. The molecule has 1 rings (SSSR count). The van der Waals surface area contributed by atoms with Crippen LogP contribution in [0.2, 0.25) is 0 Å². The summed E-state index contributed by atoms with van der Waals surface area (Å²) in [5.41, 5.74) is 1.15. The maximum atomic E-state index is 6.03. The number of rotatable bonds is 10. The summed E-state index contributed by atoms with van der Waals surface area (Å²) in [4.78, 5) is 0. The Kier molecular flexibility index (Phi) is 8.46. The molecule has 0 radical (unpaired) electrons. The van der Waals surface area contributed by atoms with Crippen LogP contribution in [0.5, 0.6) is 0 Å². The zero-order valence-corrected chi connectivity index (χ0v) is 13.4. The Bertz CT molecular complexity index is 356. The predicted molar refractivity (Wildman–Crippen MR) is 85.0 cm³/mol. The molecule has 0 unspecified atom stereocenters. The van der Waals surface area contributed by atoms with Crippen molar-refractivity contribution in [1.29, 1.82) is 0 Å². The Morgan fingerprint density at radius 3 is 2.16 bits per heavy atom. The summed E-state index contributed by atoms with van der Waals surface area (Å²) in [7, 11) is -1.78. The van der Waals surface area contributed by atoms with Crippen molar-refractivity contribution in [2.24, 2.45) is 0 Å². The van der Waals surface area contributed by atoms with Crippen molar-refractivity contribution in [3.63, 3.8) is 0 Å². The first kappa shape index (κ1) is 16.2. The highest BCUT2D eigenvalue weighted by molar-refractivity contribution is 6.62. The van der Waals surface area contributed by atoms with Crippen LogP contribution in [0, 0.1) is 0 Å². The molecule has 3 heteroatoms. The van der Waals surface area contributed by atoms with Gasteiger partial charge in [-0.05, 0) is 23.6 Å². The van der Waals surface area contributed by atoms with Gasteiger partial charge in [-0.3, -0.25) is 0 Å². The third-order valence-electron chi connectivity index (χ3n) is 3.00. The fraction of sp³-hybridized carbons (Fsp3) is 0.500. The van der Waals surface area contributed by atoms with Crippen molar-refractivity contribution in [3.05, 3.63) is 36.4 Å². The zero-order valence-electron chi connectivity index (χ0n) is 12.2. The minimum absolute atomic E-state index is 0.797. The molecule has 106 valence electrons. The van der Waals surface area contributed by atoms with Crippen LogP contribution in [0.4, 0.5) is 0 Å². The van der Waals surface area contributed by atoms with Gasteiger partial charge in [0.15, 0.2) is 0 Å². The first-order valence-electron chi connectivity index (χ1n) is 7.28. The molecule has 2 nitrogen and oxygen atoms in total. The Balaban J connectivity index is 2.72. The zero-order chi connectivity index (χ0) is 13.9. The predicted octanol–water partition coefficient (Wildman–Crippen LogP) is 3.39. The van der Waals surface area contributed by atoms with Gasteiger partial charge in [0.1, 0.15) is 0 Å². The van der Waals surface area contributed by atoms with Crippen LogP contribution in [0.25, 0.3) is 6.08 Å².